The van der Waals surface area contributed by atoms with Crippen molar-refractivity contribution in [1.82, 2.24) is 25.3 Å². The zero-order valence-corrected chi connectivity index (χ0v) is 13.9. The molecule has 3 aromatic heterocycles. The molecule has 0 aliphatic carbocycles. The number of carbonyl (C=O) groups is 1. The van der Waals surface area contributed by atoms with Crippen LogP contribution in [0.2, 0.25) is 0 Å². The Morgan fingerprint density at radius 3 is 2.88 bits per heavy atom. The molecule has 6 nitrogen and oxygen atoms in total. The summed E-state index contributed by atoms with van der Waals surface area (Å²) in [6.45, 7) is 0.394. The fraction of sp³-hybridized carbons (Fsp3) is 0.0556. The normalized spacial score (nSPS) is 10.7. The molecule has 4 rings (SSSR count). The van der Waals surface area contributed by atoms with Crippen molar-refractivity contribution in [1.29, 1.82) is 0 Å². The molecule has 25 heavy (non-hydrogen) atoms. The third-order valence-electron chi connectivity index (χ3n) is 3.67. The van der Waals surface area contributed by atoms with E-state index in [0.717, 1.165) is 16.5 Å². The van der Waals surface area contributed by atoms with E-state index in [9.17, 15) is 4.79 Å². The number of nitrogens with one attached hydrogen (secondary N) is 1. The van der Waals surface area contributed by atoms with Crippen LogP contribution in [-0.2, 0) is 6.54 Å². The van der Waals surface area contributed by atoms with Crippen LogP contribution < -0.4 is 5.32 Å². The van der Waals surface area contributed by atoms with Crippen LogP contribution in [0.1, 0.15) is 16.1 Å². The minimum atomic E-state index is -0.223. The van der Waals surface area contributed by atoms with E-state index in [0.29, 0.717) is 22.9 Å². The number of amides is 1. The van der Waals surface area contributed by atoms with Crippen molar-refractivity contribution in [3.8, 4) is 10.7 Å². The molecule has 0 bridgehead atoms. The predicted molar refractivity (Wildman–Crippen MR) is 96.1 cm³/mol. The smallest absolute Gasteiger partial charge is 0.271 e. The molecule has 0 atom stereocenters. The molecule has 0 unspecified atom stereocenters. The highest BCUT2D eigenvalue weighted by molar-refractivity contribution is 7.13. The summed E-state index contributed by atoms with van der Waals surface area (Å²) in [5.74, 6) is -0.223. The first kappa shape index (κ1) is 15.3. The lowest BCUT2D eigenvalue weighted by atomic mass is 10.1. The first-order chi connectivity index (χ1) is 12.3. The fourth-order valence-corrected chi connectivity index (χ4v) is 3.24. The van der Waals surface area contributed by atoms with Gasteiger partial charge < -0.3 is 5.32 Å². The number of fused-ring (bicyclic) bond motifs is 1. The molecule has 0 aliphatic heterocycles. The number of hydrogen-bond donors (Lipinski definition) is 1. The lowest BCUT2D eigenvalue weighted by molar-refractivity contribution is 0.0947. The average molecular weight is 347 g/mol. The lowest BCUT2D eigenvalue weighted by Crippen LogP contribution is -2.23. The second-order valence-electron chi connectivity index (χ2n) is 5.30. The third-order valence-corrected chi connectivity index (χ3v) is 4.54. The lowest BCUT2D eigenvalue weighted by Gasteiger charge is -2.06. The minimum Gasteiger partial charge on any atom is -0.347 e. The van der Waals surface area contributed by atoms with E-state index >= 15 is 0 Å². The van der Waals surface area contributed by atoms with Crippen molar-refractivity contribution in [3.05, 3.63) is 71.8 Å². The quantitative estimate of drug-likeness (QED) is 0.613. The highest BCUT2D eigenvalue weighted by atomic mass is 32.1. The van der Waals surface area contributed by atoms with Gasteiger partial charge >= 0.3 is 0 Å². The van der Waals surface area contributed by atoms with E-state index in [1.807, 2.05) is 30.3 Å². The third kappa shape index (κ3) is 3.22. The average Bonchev–Trinajstić information content (AvgIpc) is 3.17. The molecule has 0 aliphatic rings. The van der Waals surface area contributed by atoms with E-state index in [2.05, 4.69) is 25.3 Å². The van der Waals surface area contributed by atoms with Crippen LogP contribution in [0, 0.1) is 0 Å². The summed E-state index contributed by atoms with van der Waals surface area (Å²) in [6, 6.07) is 9.82. The summed E-state index contributed by atoms with van der Waals surface area (Å²) >= 11 is 1.37. The topological polar surface area (TPSA) is 80.7 Å². The van der Waals surface area contributed by atoms with Crippen LogP contribution in [-0.4, -0.2) is 25.8 Å². The van der Waals surface area contributed by atoms with E-state index in [1.54, 1.807) is 30.2 Å². The van der Waals surface area contributed by atoms with Crippen molar-refractivity contribution >= 4 is 28.1 Å². The first-order valence-corrected chi connectivity index (χ1v) is 8.52. The van der Waals surface area contributed by atoms with Gasteiger partial charge in [-0.3, -0.25) is 19.7 Å². The maximum absolute atomic E-state index is 12.4. The highest BCUT2D eigenvalue weighted by Gasteiger charge is 2.13. The molecular weight excluding hydrogens is 334 g/mol. The van der Waals surface area contributed by atoms with Crippen LogP contribution in [0.5, 0.6) is 0 Å². The van der Waals surface area contributed by atoms with Crippen molar-refractivity contribution in [2.75, 3.05) is 0 Å². The summed E-state index contributed by atoms with van der Waals surface area (Å²) in [4.78, 5) is 29.3. The number of pyridine rings is 1. The van der Waals surface area contributed by atoms with Gasteiger partial charge in [-0.25, -0.2) is 4.98 Å². The number of nitrogens with zero attached hydrogens (tertiary/aromatic N) is 4. The summed E-state index contributed by atoms with van der Waals surface area (Å²) in [6.07, 6.45) is 6.58. The Bertz CT molecular complexity index is 1030. The zero-order valence-electron chi connectivity index (χ0n) is 13.1. The zero-order chi connectivity index (χ0) is 17.1. The molecule has 122 valence electrons. The van der Waals surface area contributed by atoms with Gasteiger partial charge in [-0.05, 0) is 11.6 Å². The van der Waals surface area contributed by atoms with E-state index in [4.69, 9.17) is 0 Å². The molecule has 1 amide bonds. The van der Waals surface area contributed by atoms with Crippen molar-refractivity contribution < 1.29 is 4.79 Å². The number of thiazole rings is 1. The second kappa shape index (κ2) is 6.74. The Labute approximate surface area is 147 Å². The fourth-order valence-electron chi connectivity index (χ4n) is 2.48. The number of hydrogen-bond acceptors (Lipinski definition) is 6. The molecule has 1 aromatic carbocycles. The number of aromatic nitrogens is 4. The Morgan fingerprint density at radius 1 is 1.08 bits per heavy atom. The maximum Gasteiger partial charge on any atom is 0.271 e. The van der Waals surface area contributed by atoms with Gasteiger partial charge in [0.25, 0.3) is 5.91 Å². The number of para-hydroxylation sites is 1. The van der Waals surface area contributed by atoms with Gasteiger partial charge in [0.1, 0.15) is 16.4 Å². The Hall–Kier alpha value is -3.19. The Kier molecular flexibility index (Phi) is 4.14. The second-order valence-corrected chi connectivity index (χ2v) is 6.16. The minimum absolute atomic E-state index is 0.223. The van der Waals surface area contributed by atoms with Crippen LogP contribution in [0.4, 0.5) is 0 Å². The molecule has 0 spiro atoms. The summed E-state index contributed by atoms with van der Waals surface area (Å²) in [5, 5.41) is 6.34. The maximum atomic E-state index is 12.4. The van der Waals surface area contributed by atoms with Crippen molar-refractivity contribution in [2.24, 2.45) is 0 Å². The van der Waals surface area contributed by atoms with Crippen LogP contribution in [0.25, 0.3) is 21.6 Å². The molecule has 7 heteroatoms. The summed E-state index contributed by atoms with van der Waals surface area (Å²) in [7, 11) is 0. The number of carbonyl (C=O) groups excluding carboxylic acids is 1. The van der Waals surface area contributed by atoms with Gasteiger partial charge in [0.05, 0.1) is 11.7 Å². The standard InChI is InChI=1S/C18H13N5OS/c24-17(15-11-25-18(23-15)14-10-19-7-8-20-14)22-9-13-4-1-3-12-5-2-6-21-16(12)13/h1-8,10-11H,9H2,(H,22,24). The monoisotopic (exact) mass is 347 g/mol. The summed E-state index contributed by atoms with van der Waals surface area (Å²) in [5.41, 5.74) is 2.89. The van der Waals surface area contributed by atoms with Gasteiger partial charge in [0.2, 0.25) is 0 Å². The van der Waals surface area contributed by atoms with Gasteiger partial charge in [-0.15, -0.1) is 11.3 Å². The molecule has 0 fully saturated rings. The van der Waals surface area contributed by atoms with Gasteiger partial charge in [-0.2, -0.15) is 0 Å². The number of rotatable bonds is 4. The highest BCUT2D eigenvalue weighted by Crippen LogP contribution is 2.21. The largest absolute Gasteiger partial charge is 0.347 e. The van der Waals surface area contributed by atoms with Crippen molar-refractivity contribution in [3.63, 3.8) is 0 Å². The van der Waals surface area contributed by atoms with Gasteiger partial charge in [-0.1, -0.05) is 24.3 Å². The van der Waals surface area contributed by atoms with E-state index in [1.165, 1.54) is 11.3 Å². The predicted octanol–water partition coefficient (Wildman–Crippen LogP) is 3.08. The first-order valence-electron chi connectivity index (χ1n) is 7.64. The molecular formula is C18H13N5OS. The molecule has 3 heterocycles. The van der Waals surface area contributed by atoms with Crippen LogP contribution >= 0.6 is 11.3 Å². The molecule has 0 radical (unpaired) electrons. The summed E-state index contributed by atoms with van der Waals surface area (Å²) < 4.78 is 0. The van der Waals surface area contributed by atoms with Crippen LogP contribution in [0.3, 0.4) is 0 Å². The molecule has 4 aromatic rings. The Balaban J connectivity index is 1.50. The number of benzene rings is 1. The molecule has 1 N–H and O–H groups in total. The SMILES string of the molecule is O=C(NCc1cccc2cccnc12)c1csc(-c2cnccn2)n1. The van der Waals surface area contributed by atoms with E-state index < -0.39 is 0 Å². The molecule has 0 saturated carbocycles. The van der Waals surface area contributed by atoms with Crippen LogP contribution in [0.15, 0.2) is 60.5 Å². The van der Waals surface area contributed by atoms with Gasteiger partial charge in [0.15, 0.2) is 0 Å². The van der Waals surface area contributed by atoms with Gasteiger partial charge in [0, 0.05) is 35.9 Å². The van der Waals surface area contributed by atoms with Crippen molar-refractivity contribution in [2.45, 2.75) is 6.54 Å². The molecule has 0 saturated heterocycles. The Morgan fingerprint density at radius 2 is 2.00 bits per heavy atom. The van der Waals surface area contributed by atoms with E-state index in [-0.39, 0.29) is 5.91 Å².